The number of rotatable bonds is 5. The molecular weight excluding hydrogens is 376 g/mol. The molecule has 0 radical (unpaired) electrons. The predicted octanol–water partition coefficient (Wildman–Crippen LogP) is 4.62. The van der Waals surface area contributed by atoms with Crippen molar-refractivity contribution in [3.05, 3.63) is 105 Å². The first-order valence-corrected chi connectivity index (χ1v) is 9.17. The second-order valence-corrected chi connectivity index (χ2v) is 6.84. The third-order valence-electron chi connectivity index (χ3n) is 4.51. The lowest BCUT2D eigenvalue weighted by atomic mass is 10.1. The minimum absolute atomic E-state index is 0.130. The van der Waals surface area contributed by atoms with Gasteiger partial charge in [0.15, 0.2) is 0 Å². The van der Waals surface area contributed by atoms with Crippen molar-refractivity contribution < 1.29 is 9.21 Å². The zero-order chi connectivity index (χ0) is 19.5. The topological polar surface area (TPSA) is 66.3 Å². The molecule has 140 valence electrons. The van der Waals surface area contributed by atoms with Gasteiger partial charge in [-0.3, -0.25) is 9.59 Å². The maximum absolute atomic E-state index is 13.2. The van der Waals surface area contributed by atoms with Gasteiger partial charge >= 0.3 is 0 Å². The molecule has 1 amide bonds. The first-order chi connectivity index (χ1) is 13.6. The Labute approximate surface area is 166 Å². The molecule has 0 bridgehead atoms. The van der Waals surface area contributed by atoms with E-state index in [-0.39, 0.29) is 24.6 Å². The van der Waals surface area contributed by atoms with Crippen molar-refractivity contribution in [1.29, 1.82) is 0 Å². The van der Waals surface area contributed by atoms with Crippen molar-refractivity contribution in [1.82, 2.24) is 9.88 Å². The summed E-state index contributed by atoms with van der Waals surface area (Å²) in [7, 11) is 0. The average Bonchev–Trinajstić information content (AvgIpc) is 3.21. The molecule has 2 heterocycles. The van der Waals surface area contributed by atoms with Gasteiger partial charge in [0.25, 0.3) is 11.5 Å². The van der Waals surface area contributed by atoms with E-state index in [9.17, 15) is 9.59 Å². The molecule has 5 nitrogen and oxygen atoms in total. The molecule has 0 saturated heterocycles. The number of nitrogens with zero attached hydrogens (tertiary/aromatic N) is 1. The van der Waals surface area contributed by atoms with Crippen molar-refractivity contribution in [2.45, 2.75) is 13.1 Å². The summed E-state index contributed by atoms with van der Waals surface area (Å²) in [5.41, 5.74) is 1.40. The Morgan fingerprint density at radius 2 is 1.79 bits per heavy atom. The van der Waals surface area contributed by atoms with E-state index >= 15 is 0 Å². The molecule has 2 aromatic heterocycles. The molecule has 0 aliphatic rings. The third-order valence-corrected chi connectivity index (χ3v) is 4.84. The highest BCUT2D eigenvalue weighted by molar-refractivity contribution is 6.33. The van der Waals surface area contributed by atoms with E-state index in [1.807, 2.05) is 30.3 Å². The lowest BCUT2D eigenvalue weighted by Gasteiger charge is -2.22. The van der Waals surface area contributed by atoms with Crippen LogP contribution in [0, 0.1) is 0 Å². The van der Waals surface area contributed by atoms with Crippen LogP contribution in [0.2, 0.25) is 5.02 Å². The lowest BCUT2D eigenvalue weighted by Crippen LogP contribution is -2.32. The number of furan rings is 1. The number of nitrogens with one attached hydrogen (secondary N) is 1. The van der Waals surface area contributed by atoms with E-state index in [0.717, 1.165) is 10.9 Å². The Morgan fingerprint density at radius 3 is 2.57 bits per heavy atom. The fourth-order valence-electron chi connectivity index (χ4n) is 3.11. The van der Waals surface area contributed by atoms with E-state index in [4.69, 9.17) is 16.0 Å². The highest BCUT2D eigenvalue weighted by Gasteiger charge is 2.21. The SMILES string of the molecule is O=C(c1ccccc1Cl)N(Cc1ccco1)Cc1cc2ccccc2[nH]c1=O. The number of hydrogen-bond acceptors (Lipinski definition) is 3. The number of hydrogen-bond donors (Lipinski definition) is 1. The quantitative estimate of drug-likeness (QED) is 0.539. The number of halogens is 1. The van der Waals surface area contributed by atoms with Gasteiger partial charge in [0.1, 0.15) is 5.76 Å². The molecule has 4 rings (SSSR count). The maximum atomic E-state index is 13.2. The fourth-order valence-corrected chi connectivity index (χ4v) is 3.33. The van der Waals surface area contributed by atoms with Crippen molar-refractivity contribution in [2.75, 3.05) is 0 Å². The second kappa shape index (κ2) is 7.74. The van der Waals surface area contributed by atoms with Crippen LogP contribution in [0.15, 0.2) is 82.2 Å². The van der Waals surface area contributed by atoms with E-state index in [0.29, 0.717) is 21.9 Å². The Morgan fingerprint density at radius 1 is 1.00 bits per heavy atom. The van der Waals surface area contributed by atoms with Crippen LogP contribution in [0.1, 0.15) is 21.7 Å². The minimum atomic E-state index is -0.269. The summed E-state index contributed by atoms with van der Waals surface area (Å²) >= 11 is 6.22. The molecule has 28 heavy (non-hydrogen) atoms. The zero-order valence-electron chi connectivity index (χ0n) is 14.9. The number of para-hydroxylation sites is 1. The standard InChI is InChI=1S/C22H17ClN2O3/c23-19-9-3-2-8-18(19)22(27)25(14-17-7-5-11-28-17)13-16-12-15-6-1-4-10-20(15)24-21(16)26/h1-12H,13-14H2,(H,24,26). The summed E-state index contributed by atoms with van der Waals surface area (Å²) in [6.07, 6.45) is 1.55. The molecule has 0 aliphatic carbocycles. The molecule has 0 saturated carbocycles. The van der Waals surface area contributed by atoms with Gasteiger partial charge in [0, 0.05) is 11.1 Å². The van der Waals surface area contributed by atoms with Crippen LogP contribution in [0.4, 0.5) is 0 Å². The molecule has 1 N–H and O–H groups in total. The van der Waals surface area contributed by atoms with Crippen LogP contribution in [0.25, 0.3) is 10.9 Å². The largest absolute Gasteiger partial charge is 0.467 e. The summed E-state index contributed by atoms with van der Waals surface area (Å²) in [5.74, 6) is 0.354. The van der Waals surface area contributed by atoms with Crippen molar-refractivity contribution >= 4 is 28.4 Å². The number of H-pyrrole nitrogens is 1. The highest BCUT2D eigenvalue weighted by Crippen LogP contribution is 2.20. The monoisotopic (exact) mass is 392 g/mol. The smallest absolute Gasteiger partial charge is 0.256 e. The summed E-state index contributed by atoms with van der Waals surface area (Å²) in [4.78, 5) is 30.1. The van der Waals surface area contributed by atoms with Crippen molar-refractivity contribution in [3.63, 3.8) is 0 Å². The predicted molar refractivity (Wildman–Crippen MR) is 108 cm³/mol. The fraction of sp³-hybridized carbons (Fsp3) is 0.0909. The lowest BCUT2D eigenvalue weighted by molar-refractivity contribution is 0.0717. The van der Waals surface area contributed by atoms with Gasteiger partial charge in [-0.05, 0) is 41.8 Å². The second-order valence-electron chi connectivity index (χ2n) is 6.43. The molecule has 4 aromatic rings. The van der Waals surface area contributed by atoms with Gasteiger partial charge in [0.05, 0.1) is 29.9 Å². The minimum Gasteiger partial charge on any atom is -0.467 e. The number of amides is 1. The summed E-state index contributed by atoms with van der Waals surface area (Å²) in [6, 6.07) is 19.8. The van der Waals surface area contributed by atoms with Gasteiger partial charge in [-0.25, -0.2) is 0 Å². The normalized spacial score (nSPS) is 10.9. The number of benzene rings is 2. The molecule has 6 heteroatoms. The highest BCUT2D eigenvalue weighted by atomic mass is 35.5. The van der Waals surface area contributed by atoms with Crippen LogP contribution in [0.3, 0.4) is 0 Å². The Hall–Kier alpha value is -3.31. The molecular formula is C22H17ClN2O3. The van der Waals surface area contributed by atoms with Gasteiger partial charge in [-0.1, -0.05) is 41.9 Å². The Bertz CT molecular complexity index is 1180. The van der Waals surface area contributed by atoms with Gasteiger partial charge in [-0.15, -0.1) is 0 Å². The van der Waals surface area contributed by atoms with Crippen molar-refractivity contribution in [2.24, 2.45) is 0 Å². The number of carbonyl (C=O) groups is 1. The first kappa shape index (κ1) is 18.1. The van der Waals surface area contributed by atoms with Gasteiger partial charge in [-0.2, -0.15) is 0 Å². The van der Waals surface area contributed by atoms with E-state index in [1.165, 1.54) is 0 Å². The van der Waals surface area contributed by atoms with Crippen LogP contribution >= 0.6 is 11.6 Å². The molecule has 0 aliphatic heterocycles. The Balaban J connectivity index is 1.72. The summed E-state index contributed by atoms with van der Waals surface area (Å²) in [5, 5.41) is 1.27. The number of pyridine rings is 1. The first-order valence-electron chi connectivity index (χ1n) is 8.79. The third kappa shape index (κ3) is 3.70. The van der Waals surface area contributed by atoms with E-state index in [1.54, 1.807) is 47.6 Å². The zero-order valence-corrected chi connectivity index (χ0v) is 15.6. The van der Waals surface area contributed by atoms with E-state index in [2.05, 4.69) is 4.98 Å². The molecule has 0 spiro atoms. The maximum Gasteiger partial charge on any atom is 0.256 e. The molecule has 0 fully saturated rings. The number of aromatic amines is 1. The number of aromatic nitrogens is 1. The van der Waals surface area contributed by atoms with Crippen LogP contribution in [-0.2, 0) is 13.1 Å². The number of fused-ring (bicyclic) bond motifs is 1. The Kier molecular flexibility index (Phi) is 5.00. The molecule has 0 unspecified atom stereocenters. The van der Waals surface area contributed by atoms with Crippen LogP contribution < -0.4 is 5.56 Å². The van der Waals surface area contributed by atoms with Crippen molar-refractivity contribution in [3.8, 4) is 0 Å². The van der Waals surface area contributed by atoms with Crippen LogP contribution in [0.5, 0.6) is 0 Å². The summed E-state index contributed by atoms with van der Waals surface area (Å²) in [6.45, 7) is 0.355. The van der Waals surface area contributed by atoms with Crippen LogP contribution in [-0.4, -0.2) is 15.8 Å². The molecule has 0 atom stereocenters. The average molecular weight is 393 g/mol. The molecule has 2 aromatic carbocycles. The van der Waals surface area contributed by atoms with Gasteiger partial charge in [0.2, 0.25) is 0 Å². The summed E-state index contributed by atoms with van der Waals surface area (Å²) < 4.78 is 5.41. The number of carbonyl (C=O) groups excluding carboxylic acids is 1. The van der Waals surface area contributed by atoms with E-state index < -0.39 is 0 Å². The van der Waals surface area contributed by atoms with Gasteiger partial charge < -0.3 is 14.3 Å².